The summed E-state index contributed by atoms with van der Waals surface area (Å²) >= 11 is 0. The maximum atomic E-state index is 14.3. The van der Waals surface area contributed by atoms with Crippen LogP contribution >= 0.6 is 0 Å². The van der Waals surface area contributed by atoms with Crippen LogP contribution in [0.15, 0.2) is 78.9 Å². The molecule has 7 heteroatoms. The number of hydrogen-bond acceptors (Lipinski definition) is 4. The van der Waals surface area contributed by atoms with Crippen molar-refractivity contribution < 1.29 is 19.1 Å². The summed E-state index contributed by atoms with van der Waals surface area (Å²) in [4.78, 5) is 44.0. The van der Waals surface area contributed by atoms with Crippen LogP contribution in [0.3, 0.4) is 0 Å². The number of nitrogens with one attached hydrogen (secondary N) is 1. The zero-order valence-corrected chi connectivity index (χ0v) is 23.1. The van der Waals surface area contributed by atoms with E-state index in [1.807, 2.05) is 54.6 Å². The summed E-state index contributed by atoms with van der Waals surface area (Å²) in [6.07, 6.45) is 0.641. The number of hydrogen-bond donors (Lipinski definition) is 1. The van der Waals surface area contributed by atoms with E-state index in [-0.39, 0.29) is 17.7 Å². The van der Waals surface area contributed by atoms with Gasteiger partial charge in [0, 0.05) is 37.8 Å². The van der Waals surface area contributed by atoms with Crippen LogP contribution in [-0.4, -0.2) is 48.4 Å². The van der Waals surface area contributed by atoms with Crippen molar-refractivity contribution >= 4 is 23.4 Å². The fourth-order valence-corrected chi connectivity index (χ4v) is 5.12. The highest BCUT2D eigenvalue weighted by atomic mass is 16.5. The maximum absolute atomic E-state index is 14.3. The Kier molecular flexibility index (Phi) is 8.69. The number of piperidine rings is 1. The monoisotopic (exact) mass is 527 g/mol. The van der Waals surface area contributed by atoms with Crippen molar-refractivity contribution in [1.82, 2.24) is 10.2 Å². The van der Waals surface area contributed by atoms with Crippen LogP contribution in [0.25, 0.3) is 0 Å². The zero-order chi connectivity index (χ0) is 28.0. The summed E-state index contributed by atoms with van der Waals surface area (Å²) in [6.45, 7) is 6.87. The van der Waals surface area contributed by atoms with Gasteiger partial charge in [-0.15, -0.1) is 0 Å². The molecule has 3 aromatic rings. The minimum atomic E-state index is -1.18. The lowest BCUT2D eigenvalue weighted by Crippen LogP contribution is -2.65. The van der Waals surface area contributed by atoms with Gasteiger partial charge in [-0.3, -0.25) is 19.3 Å². The average molecular weight is 528 g/mol. The largest absolute Gasteiger partial charge is 0.497 e. The zero-order valence-electron chi connectivity index (χ0n) is 23.1. The number of methoxy groups -OCH3 is 1. The molecule has 0 radical (unpaired) electrons. The van der Waals surface area contributed by atoms with Crippen LogP contribution in [0, 0.1) is 0 Å². The molecule has 4 rings (SSSR count). The predicted octanol–water partition coefficient (Wildman–Crippen LogP) is 5.16. The Balaban J connectivity index is 1.78. The quantitative estimate of drug-likeness (QED) is 0.439. The van der Waals surface area contributed by atoms with Crippen molar-refractivity contribution in [3.63, 3.8) is 0 Å². The van der Waals surface area contributed by atoms with Gasteiger partial charge in [-0.1, -0.05) is 56.3 Å². The van der Waals surface area contributed by atoms with E-state index in [1.54, 1.807) is 41.2 Å². The molecule has 0 bridgehead atoms. The third-order valence-corrected chi connectivity index (χ3v) is 7.54. The van der Waals surface area contributed by atoms with Crippen molar-refractivity contribution in [1.29, 1.82) is 0 Å². The van der Waals surface area contributed by atoms with Crippen LogP contribution < -0.4 is 15.0 Å². The Bertz CT molecular complexity index is 1280. The highest BCUT2D eigenvalue weighted by molar-refractivity contribution is 6.11. The molecule has 0 saturated carbocycles. The third kappa shape index (κ3) is 6.14. The Morgan fingerprint density at radius 2 is 1.54 bits per heavy atom. The van der Waals surface area contributed by atoms with Crippen LogP contribution in [0.5, 0.6) is 5.75 Å². The smallest absolute Gasteiger partial charge is 0.259 e. The van der Waals surface area contributed by atoms with Crippen molar-refractivity contribution in [2.24, 2.45) is 0 Å². The van der Waals surface area contributed by atoms with E-state index in [0.717, 1.165) is 11.1 Å². The third-order valence-electron chi connectivity index (χ3n) is 7.54. The van der Waals surface area contributed by atoms with Crippen LogP contribution in [0.2, 0.25) is 0 Å². The van der Waals surface area contributed by atoms with E-state index in [0.29, 0.717) is 55.4 Å². The molecule has 204 valence electrons. The molecule has 0 unspecified atom stereocenters. The van der Waals surface area contributed by atoms with Gasteiger partial charge >= 0.3 is 0 Å². The van der Waals surface area contributed by atoms with Gasteiger partial charge < -0.3 is 15.0 Å². The van der Waals surface area contributed by atoms with Crippen LogP contribution in [0.4, 0.5) is 5.69 Å². The second kappa shape index (κ2) is 12.2. The van der Waals surface area contributed by atoms with Gasteiger partial charge in [0.1, 0.15) is 11.3 Å². The predicted molar refractivity (Wildman–Crippen MR) is 153 cm³/mol. The number of nitrogens with zero attached hydrogens (tertiary/aromatic N) is 2. The van der Waals surface area contributed by atoms with Gasteiger partial charge in [0.25, 0.3) is 5.91 Å². The van der Waals surface area contributed by atoms with E-state index in [1.165, 1.54) is 6.92 Å². The summed E-state index contributed by atoms with van der Waals surface area (Å²) < 4.78 is 5.29. The highest BCUT2D eigenvalue weighted by Gasteiger charge is 2.49. The van der Waals surface area contributed by atoms with Crippen molar-refractivity contribution in [3.05, 3.63) is 95.6 Å². The SMILES string of the molecule is COc1ccc(C(=O)N(c2ccc(C(C)C)cc2)C2(C(=O)NCc3ccccc3)CCN(C(C)=O)CC2)cc1. The number of amides is 3. The van der Waals surface area contributed by atoms with E-state index in [4.69, 9.17) is 4.74 Å². The normalized spacial score (nSPS) is 14.5. The molecule has 1 saturated heterocycles. The van der Waals surface area contributed by atoms with E-state index < -0.39 is 5.54 Å². The number of rotatable bonds is 8. The van der Waals surface area contributed by atoms with Gasteiger partial charge in [-0.25, -0.2) is 0 Å². The molecule has 1 aliphatic rings. The summed E-state index contributed by atoms with van der Waals surface area (Å²) in [6, 6.07) is 24.5. The summed E-state index contributed by atoms with van der Waals surface area (Å²) in [5.74, 6) is 0.421. The fraction of sp³-hybridized carbons (Fsp3) is 0.344. The second-order valence-corrected chi connectivity index (χ2v) is 10.3. The molecule has 1 fully saturated rings. The molecular formula is C32H37N3O4. The molecule has 1 heterocycles. The first-order valence-electron chi connectivity index (χ1n) is 13.4. The van der Waals surface area contributed by atoms with Crippen LogP contribution in [0.1, 0.15) is 61.0 Å². The van der Waals surface area contributed by atoms with Crippen molar-refractivity contribution in [2.75, 3.05) is 25.1 Å². The van der Waals surface area contributed by atoms with Gasteiger partial charge in [0.05, 0.1) is 7.11 Å². The molecule has 0 spiro atoms. The standard InChI is InChI=1S/C32H37N3O4/c1-23(2)26-10-14-28(15-11-26)35(30(37)27-12-16-29(39-4)17-13-27)32(18-20-34(21-19-32)24(3)36)31(38)33-22-25-8-6-5-7-9-25/h5-17,23H,18-22H2,1-4H3,(H,33,38). The number of benzene rings is 3. The number of likely N-dealkylation sites (tertiary alicyclic amines) is 1. The Hall–Kier alpha value is -4.13. The average Bonchev–Trinajstić information content (AvgIpc) is 2.97. The van der Waals surface area contributed by atoms with Crippen molar-refractivity contribution in [2.45, 2.75) is 51.6 Å². The molecule has 7 nitrogen and oxygen atoms in total. The molecule has 3 amide bonds. The molecular weight excluding hydrogens is 490 g/mol. The lowest BCUT2D eigenvalue weighted by atomic mass is 9.83. The number of carbonyl (C=O) groups excluding carboxylic acids is 3. The first-order valence-corrected chi connectivity index (χ1v) is 13.4. The second-order valence-electron chi connectivity index (χ2n) is 10.3. The highest BCUT2D eigenvalue weighted by Crippen LogP contribution is 2.36. The summed E-state index contributed by atoms with van der Waals surface area (Å²) in [5.41, 5.74) is 2.03. The molecule has 0 atom stereocenters. The summed E-state index contributed by atoms with van der Waals surface area (Å²) in [7, 11) is 1.58. The first-order chi connectivity index (χ1) is 18.7. The molecule has 0 aromatic heterocycles. The number of carbonyl (C=O) groups is 3. The molecule has 1 N–H and O–H groups in total. The Morgan fingerprint density at radius 1 is 0.923 bits per heavy atom. The molecule has 3 aromatic carbocycles. The topological polar surface area (TPSA) is 79.0 Å². The molecule has 39 heavy (non-hydrogen) atoms. The minimum absolute atomic E-state index is 0.0392. The lowest BCUT2D eigenvalue weighted by Gasteiger charge is -2.47. The first kappa shape index (κ1) is 27.9. The van der Waals surface area contributed by atoms with Gasteiger partial charge in [0.15, 0.2) is 0 Å². The molecule has 0 aliphatic carbocycles. The summed E-state index contributed by atoms with van der Waals surface area (Å²) in [5, 5.41) is 3.10. The van der Waals surface area contributed by atoms with E-state index >= 15 is 0 Å². The Labute approximate surface area is 230 Å². The lowest BCUT2D eigenvalue weighted by molar-refractivity contribution is -0.135. The number of anilines is 1. The van der Waals surface area contributed by atoms with Gasteiger partial charge in [-0.05, 0) is 66.3 Å². The maximum Gasteiger partial charge on any atom is 0.259 e. The fourth-order valence-electron chi connectivity index (χ4n) is 5.12. The Morgan fingerprint density at radius 3 is 2.08 bits per heavy atom. The minimum Gasteiger partial charge on any atom is -0.497 e. The van der Waals surface area contributed by atoms with Gasteiger partial charge in [0.2, 0.25) is 11.8 Å². The van der Waals surface area contributed by atoms with E-state index in [9.17, 15) is 14.4 Å². The van der Waals surface area contributed by atoms with E-state index in [2.05, 4.69) is 19.2 Å². The van der Waals surface area contributed by atoms with Crippen molar-refractivity contribution in [3.8, 4) is 5.75 Å². The van der Waals surface area contributed by atoms with Crippen LogP contribution in [-0.2, 0) is 16.1 Å². The number of ether oxygens (including phenoxy) is 1. The molecule has 1 aliphatic heterocycles. The van der Waals surface area contributed by atoms with Gasteiger partial charge in [-0.2, -0.15) is 0 Å².